The molecule has 1 aromatic rings. The summed E-state index contributed by atoms with van der Waals surface area (Å²) < 4.78 is 0. The minimum atomic E-state index is -1.15. The van der Waals surface area contributed by atoms with Crippen LogP contribution in [0.3, 0.4) is 0 Å². The van der Waals surface area contributed by atoms with Crippen LogP contribution in [0, 0.1) is 0 Å². The molecule has 0 atom stereocenters. The highest BCUT2D eigenvalue weighted by atomic mass is 35.5. The van der Waals surface area contributed by atoms with Crippen LogP contribution >= 0.6 is 11.6 Å². The fourth-order valence-electron chi connectivity index (χ4n) is 1.21. The Bertz CT molecular complexity index is 526. The van der Waals surface area contributed by atoms with Crippen molar-refractivity contribution in [1.82, 2.24) is 10.6 Å². The number of aliphatic carboxylic acids is 1. The molecule has 1 rings (SSSR count). The molecule has 0 bridgehead atoms. The second kappa shape index (κ2) is 7.96. The van der Waals surface area contributed by atoms with Crippen LogP contribution in [-0.4, -0.2) is 36.0 Å². The Morgan fingerprint density at radius 1 is 1.10 bits per heavy atom. The Morgan fingerprint density at radius 3 is 2.35 bits per heavy atom. The van der Waals surface area contributed by atoms with Crippen molar-refractivity contribution < 1.29 is 19.5 Å². The highest BCUT2D eigenvalue weighted by Gasteiger charge is 2.04. The highest BCUT2D eigenvalue weighted by molar-refractivity contribution is 6.30. The van der Waals surface area contributed by atoms with Gasteiger partial charge in [-0.05, 0) is 23.8 Å². The van der Waals surface area contributed by atoms with Crippen LogP contribution in [0.15, 0.2) is 30.3 Å². The third-order valence-corrected chi connectivity index (χ3v) is 2.41. The van der Waals surface area contributed by atoms with Crippen molar-refractivity contribution in [3.05, 3.63) is 40.9 Å². The van der Waals surface area contributed by atoms with Crippen LogP contribution in [0.25, 0.3) is 6.08 Å². The molecule has 0 heterocycles. The van der Waals surface area contributed by atoms with Gasteiger partial charge in [0.25, 0.3) is 0 Å². The molecule has 0 aromatic heterocycles. The van der Waals surface area contributed by atoms with Gasteiger partial charge in [-0.15, -0.1) is 0 Å². The molecule has 20 heavy (non-hydrogen) atoms. The fraction of sp³-hybridized carbons (Fsp3) is 0.154. The molecule has 0 aliphatic rings. The molecule has 0 radical (unpaired) electrons. The van der Waals surface area contributed by atoms with E-state index in [1.54, 1.807) is 30.3 Å². The lowest BCUT2D eigenvalue weighted by Gasteiger charge is -2.02. The van der Waals surface area contributed by atoms with E-state index in [-0.39, 0.29) is 6.54 Å². The van der Waals surface area contributed by atoms with Crippen LogP contribution in [0.1, 0.15) is 5.56 Å². The van der Waals surface area contributed by atoms with Crippen molar-refractivity contribution in [3.63, 3.8) is 0 Å². The largest absolute Gasteiger partial charge is 0.480 e. The molecule has 7 heteroatoms. The summed E-state index contributed by atoms with van der Waals surface area (Å²) in [7, 11) is 0. The summed E-state index contributed by atoms with van der Waals surface area (Å²) in [5.74, 6) is -2.17. The first kappa shape index (κ1) is 15.7. The Hall–Kier alpha value is -2.34. The zero-order chi connectivity index (χ0) is 15.0. The minimum absolute atomic E-state index is 0.281. The number of rotatable bonds is 6. The van der Waals surface area contributed by atoms with Gasteiger partial charge in [0.1, 0.15) is 6.54 Å². The van der Waals surface area contributed by atoms with Gasteiger partial charge in [-0.3, -0.25) is 14.4 Å². The van der Waals surface area contributed by atoms with Crippen molar-refractivity contribution in [2.75, 3.05) is 13.1 Å². The standard InChI is InChI=1S/C13H13ClN2O4/c14-10-4-1-9(2-5-10)3-6-11(17)15-7-12(18)16-8-13(19)20/h1-6H,7-8H2,(H,15,17)(H,16,18)(H,19,20)/b6-3+. The zero-order valence-electron chi connectivity index (χ0n) is 10.4. The monoisotopic (exact) mass is 296 g/mol. The summed E-state index contributed by atoms with van der Waals surface area (Å²) in [6, 6.07) is 6.87. The van der Waals surface area contributed by atoms with E-state index in [1.807, 2.05) is 0 Å². The molecule has 0 aliphatic carbocycles. The minimum Gasteiger partial charge on any atom is -0.480 e. The smallest absolute Gasteiger partial charge is 0.322 e. The Labute approximate surface area is 120 Å². The first-order chi connectivity index (χ1) is 9.47. The Kier molecular flexibility index (Phi) is 6.25. The maximum Gasteiger partial charge on any atom is 0.322 e. The number of halogens is 1. The predicted molar refractivity (Wildman–Crippen MR) is 74.1 cm³/mol. The maximum atomic E-state index is 11.4. The van der Waals surface area contributed by atoms with Crippen molar-refractivity contribution in [2.24, 2.45) is 0 Å². The van der Waals surface area contributed by atoms with E-state index in [2.05, 4.69) is 10.6 Å². The van der Waals surface area contributed by atoms with Crippen LogP contribution < -0.4 is 10.6 Å². The van der Waals surface area contributed by atoms with Gasteiger partial charge in [0, 0.05) is 11.1 Å². The quantitative estimate of drug-likeness (QED) is 0.672. The summed E-state index contributed by atoms with van der Waals surface area (Å²) in [4.78, 5) is 32.7. The SMILES string of the molecule is O=C(O)CNC(=O)CNC(=O)/C=C/c1ccc(Cl)cc1. The molecule has 0 fully saturated rings. The molecule has 106 valence electrons. The predicted octanol–water partition coefficient (Wildman–Crippen LogP) is 0.670. The molecule has 0 saturated heterocycles. The molecule has 1 aromatic carbocycles. The molecule has 6 nitrogen and oxygen atoms in total. The summed E-state index contributed by atoms with van der Waals surface area (Å²) in [5, 5.41) is 13.4. The molecule has 0 spiro atoms. The second-order valence-electron chi connectivity index (χ2n) is 3.77. The third-order valence-electron chi connectivity index (χ3n) is 2.16. The average Bonchev–Trinajstić information content (AvgIpc) is 2.42. The number of carbonyl (C=O) groups is 3. The van der Waals surface area contributed by atoms with Gasteiger partial charge in [-0.1, -0.05) is 23.7 Å². The normalized spacial score (nSPS) is 10.2. The van der Waals surface area contributed by atoms with Crippen LogP contribution in [0.5, 0.6) is 0 Å². The summed E-state index contributed by atoms with van der Waals surface area (Å²) >= 11 is 5.72. The van der Waals surface area contributed by atoms with Gasteiger partial charge in [0.15, 0.2) is 0 Å². The number of nitrogens with one attached hydrogen (secondary N) is 2. The van der Waals surface area contributed by atoms with E-state index in [0.29, 0.717) is 5.02 Å². The molecule has 0 aliphatic heterocycles. The number of carboxylic acid groups (broad SMARTS) is 1. The maximum absolute atomic E-state index is 11.4. The number of hydrogen-bond acceptors (Lipinski definition) is 3. The summed E-state index contributed by atoms with van der Waals surface area (Å²) in [5.41, 5.74) is 0.792. The Balaban J connectivity index is 2.34. The van der Waals surface area contributed by atoms with Crippen LogP contribution in [0.4, 0.5) is 0 Å². The van der Waals surface area contributed by atoms with Gasteiger partial charge in [0.05, 0.1) is 6.54 Å². The number of hydrogen-bond donors (Lipinski definition) is 3. The molecule has 2 amide bonds. The van der Waals surface area contributed by atoms with Gasteiger partial charge in [-0.2, -0.15) is 0 Å². The Morgan fingerprint density at radius 2 is 1.75 bits per heavy atom. The first-order valence-corrected chi connectivity index (χ1v) is 6.05. The number of carbonyl (C=O) groups excluding carboxylic acids is 2. The van der Waals surface area contributed by atoms with E-state index in [4.69, 9.17) is 16.7 Å². The highest BCUT2D eigenvalue weighted by Crippen LogP contribution is 2.10. The fourth-order valence-corrected chi connectivity index (χ4v) is 1.33. The van der Waals surface area contributed by atoms with Gasteiger partial charge in [-0.25, -0.2) is 0 Å². The number of amides is 2. The van der Waals surface area contributed by atoms with E-state index in [1.165, 1.54) is 6.08 Å². The van der Waals surface area contributed by atoms with Crippen LogP contribution in [-0.2, 0) is 14.4 Å². The molecular formula is C13H13ClN2O4. The van der Waals surface area contributed by atoms with E-state index in [9.17, 15) is 14.4 Å². The lowest BCUT2D eigenvalue weighted by Crippen LogP contribution is -2.38. The molecule has 0 unspecified atom stereocenters. The molecule has 0 saturated carbocycles. The number of carboxylic acids is 1. The lowest BCUT2D eigenvalue weighted by atomic mass is 10.2. The average molecular weight is 297 g/mol. The molecular weight excluding hydrogens is 284 g/mol. The summed E-state index contributed by atoms with van der Waals surface area (Å²) in [6.07, 6.45) is 2.84. The van der Waals surface area contributed by atoms with Crippen molar-refractivity contribution >= 4 is 35.5 Å². The van der Waals surface area contributed by atoms with Crippen molar-refractivity contribution in [2.45, 2.75) is 0 Å². The third kappa shape index (κ3) is 6.55. The van der Waals surface area contributed by atoms with Crippen molar-refractivity contribution in [1.29, 1.82) is 0 Å². The topological polar surface area (TPSA) is 95.5 Å². The van der Waals surface area contributed by atoms with Gasteiger partial charge < -0.3 is 15.7 Å². The van der Waals surface area contributed by atoms with Crippen molar-refractivity contribution in [3.8, 4) is 0 Å². The van der Waals surface area contributed by atoms with Gasteiger partial charge in [0.2, 0.25) is 11.8 Å². The second-order valence-corrected chi connectivity index (χ2v) is 4.21. The first-order valence-electron chi connectivity index (χ1n) is 5.67. The van der Waals surface area contributed by atoms with Crippen LogP contribution in [0.2, 0.25) is 5.02 Å². The molecule has 3 N–H and O–H groups in total. The van der Waals surface area contributed by atoms with E-state index < -0.39 is 24.3 Å². The van der Waals surface area contributed by atoms with E-state index in [0.717, 1.165) is 5.56 Å². The summed E-state index contributed by atoms with van der Waals surface area (Å²) in [6.45, 7) is -0.758. The zero-order valence-corrected chi connectivity index (χ0v) is 11.2. The van der Waals surface area contributed by atoms with E-state index >= 15 is 0 Å². The number of benzene rings is 1. The van der Waals surface area contributed by atoms with Gasteiger partial charge >= 0.3 is 5.97 Å². The lowest BCUT2D eigenvalue weighted by molar-refractivity contribution is -0.137.